The topological polar surface area (TPSA) is 66.8 Å². The first kappa shape index (κ1) is 15.0. The summed E-state index contributed by atoms with van der Waals surface area (Å²) in [5.41, 5.74) is 0.637. The molecule has 1 aromatic rings. The third kappa shape index (κ3) is 3.47. The smallest absolute Gasteiger partial charge is 0.316 e. The Balaban J connectivity index is 2.94. The molecule has 0 aliphatic rings. The number of rotatable bonds is 5. The van der Waals surface area contributed by atoms with Crippen molar-refractivity contribution in [1.82, 2.24) is 0 Å². The number of carboxylic acids is 1. The summed E-state index contributed by atoms with van der Waals surface area (Å²) in [7, 11) is 3.13. The quantitative estimate of drug-likeness (QED) is 0.827. The number of methoxy groups -OCH3 is 1. The molecule has 0 saturated carbocycles. The maximum Gasteiger partial charge on any atom is 0.316 e. The average molecular weight is 265 g/mol. The summed E-state index contributed by atoms with van der Waals surface area (Å²) < 4.78 is 5.04. The second-order valence-corrected chi connectivity index (χ2v) is 4.66. The van der Waals surface area contributed by atoms with Crippen molar-refractivity contribution in [1.29, 1.82) is 0 Å². The highest BCUT2D eigenvalue weighted by Gasteiger charge is 2.32. The summed E-state index contributed by atoms with van der Waals surface area (Å²) in [4.78, 5) is 24.7. The lowest BCUT2D eigenvalue weighted by molar-refractivity contribution is -0.147. The first-order chi connectivity index (χ1) is 8.88. The van der Waals surface area contributed by atoms with Crippen molar-refractivity contribution in [3.8, 4) is 5.75 Å². The Morgan fingerprint density at radius 1 is 1.21 bits per heavy atom. The molecule has 0 aliphatic carbocycles. The standard InChI is InChI=1S/C14H19NO4/c1-9(2)12(14(17)18)13(16)15(3)10-5-7-11(19-4)8-6-10/h5-9,12H,1-4H3,(H,17,18). The molecule has 0 heterocycles. The van der Waals surface area contributed by atoms with E-state index in [1.54, 1.807) is 52.3 Å². The Labute approximate surface area is 112 Å². The first-order valence-electron chi connectivity index (χ1n) is 6.03. The number of anilines is 1. The highest BCUT2D eigenvalue weighted by Crippen LogP contribution is 2.22. The predicted octanol–water partition coefficient (Wildman–Crippen LogP) is 2.01. The van der Waals surface area contributed by atoms with Gasteiger partial charge in [0.05, 0.1) is 7.11 Å². The van der Waals surface area contributed by atoms with Gasteiger partial charge in [0, 0.05) is 12.7 Å². The van der Waals surface area contributed by atoms with Gasteiger partial charge in [0.15, 0.2) is 0 Å². The van der Waals surface area contributed by atoms with Gasteiger partial charge in [0.25, 0.3) is 0 Å². The molecule has 1 N–H and O–H groups in total. The molecule has 1 atom stereocenters. The van der Waals surface area contributed by atoms with Crippen LogP contribution in [0.25, 0.3) is 0 Å². The molecule has 0 aromatic heterocycles. The number of carboxylic acid groups (broad SMARTS) is 1. The van der Waals surface area contributed by atoms with Crippen LogP contribution in [-0.2, 0) is 9.59 Å². The van der Waals surface area contributed by atoms with E-state index >= 15 is 0 Å². The number of aliphatic carboxylic acids is 1. The number of ether oxygens (including phenoxy) is 1. The van der Waals surface area contributed by atoms with Gasteiger partial charge in [0.1, 0.15) is 11.7 Å². The zero-order chi connectivity index (χ0) is 14.6. The SMILES string of the molecule is COc1ccc(N(C)C(=O)C(C(=O)O)C(C)C)cc1. The largest absolute Gasteiger partial charge is 0.497 e. The summed E-state index contributed by atoms with van der Waals surface area (Å²) in [5, 5.41) is 9.12. The van der Waals surface area contributed by atoms with Crippen molar-refractivity contribution in [3.63, 3.8) is 0 Å². The second-order valence-electron chi connectivity index (χ2n) is 4.66. The van der Waals surface area contributed by atoms with Gasteiger partial charge in [-0.2, -0.15) is 0 Å². The summed E-state index contributed by atoms with van der Waals surface area (Å²) in [6.45, 7) is 3.44. The van der Waals surface area contributed by atoms with E-state index in [1.807, 2.05) is 0 Å². The van der Waals surface area contributed by atoms with Gasteiger partial charge in [-0.1, -0.05) is 13.8 Å². The third-order valence-corrected chi connectivity index (χ3v) is 2.99. The molecule has 19 heavy (non-hydrogen) atoms. The summed E-state index contributed by atoms with van der Waals surface area (Å²) >= 11 is 0. The van der Waals surface area contributed by atoms with Crippen molar-refractivity contribution < 1.29 is 19.4 Å². The van der Waals surface area contributed by atoms with Crippen LogP contribution in [0.5, 0.6) is 5.75 Å². The molecule has 0 saturated heterocycles. The Kier molecular flexibility index (Phi) is 4.92. The fraction of sp³-hybridized carbons (Fsp3) is 0.429. The maximum absolute atomic E-state index is 12.2. The molecule has 0 bridgehead atoms. The molecule has 0 aliphatic heterocycles. The van der Waals surface area contributed by atoms with Crippen molar-refractivity contribution >= 4 is 17.6 Å². The minimum atomic E-state index is -1.10. The maximum atomic E-state index is 12.2. The number of hydrogen-bond acceptors (Lipinski definition) is 3. The van der Waals surface area contributed by atoms with Crippen LogP contribution >= 0.6 is 0 Å². The summed E-state index contributed by atoms with van der Waals surface area (Å²) in [5.74, 6) is -2.13. The Hall–Kier alpha value is -2.04. The van der Waals surface area contributed by atoms with Crippen molar-refractivity contribution in [2.75, 3.05) is 19.1 Å². The van der Waals surface area contributed by atoms with Crippen LogP contribution < -0.4 is 9.64 Å². The van der Waals surface area contributed by atoms with Gasteiger partial charge in [0.2, 0.25) is 5.91 Å². The van der Waals surface area contributed by atoms with Gasteiger partial charge in [-0.3, -0.25) is 9.59 Å². The molecule has 1 unspecified atom stereocenters. The molecule has 1 rings (SSSR count). The molecular weight excluding hydrogens is 246 g/mol. The van der Waals surface area contributed by atoms with Crippen LogP contribution in [0.3, 0.4) is 0 Å². The highest BCUT2D eigenvalue weighted by atomic mass is 16.5. The number of nitrogens with zero attached hydrogens (tertiary/aromatic N) is 1. The Morgan fingerprint density at radius 2 is 1.74 bits per heavy atom. The number of carbonyl (C=O) groups excluding carboxylic acids is 1. The van der Waals surface area contributed by atoms with E-state index in [2.05, 4.69) is 0 Å². The van der Waals surface area contributed by atoms with Crippen LogP contribution in [-0.4, -0.2) is 31.1 Å². The summed E-state index contributed by atoms with van der Waals surface area (Å²) in [6, 6.07) is 6.89. The third-order valence-electron chi connectivity index (χ3n) is 2.99. The fourth-order valence-corrected chi connectivity index (χ4v) is 1.82. The van der Waals surface area contributed by atoms with Crippen LogP contribution in [0.2, 0.25) is 0 Å². The lowest BCUT2D eigenvalue weighted by atomic mass is 9.94. The molecule has 1 amide bonds. The first-order valence-corrected chi connectivity index (χ1v) is 6.03. The lowest BCUT2D eigenvalue weighted by Crippen LogP contribution is -2.39. The zero-order valence-corrected chi connectivity index (χ0v) is 11.6. The van der Waals surface area contributed by atoms with E-state index in [0.29, 0.717) is 11.4 Å². The van der Waals surface area contributed by atoms with E-state index in [0.717, 1.165) is 0 Å². The van der Waals surface area contributed by atoms with E-state index in [4.69, 9.17) is 9.84 Å². The van der Waals surface area contributed by atoms with Crippen LogP contribution in [0.15, 0.2) is 24.3 Å². The highest BCUT2D eigenvalue weighted by molar-refractivity contribution is 6.05. The molecule has 0 radical (unpaired) electrons. The molecule has 104 valence electrons. The van der Waals surface area contributed by atoms with Gasteiger partial charge in [-0.05, 0) is 30.2 Å². The van der Waals surface area contributed by atoms with Crippen molar-refractivity contribution in [3.05, 3.63) is 24.3 Å². The molecule has 5 nitrogen and oxygen atoms in total. The van der Waals surface area contributed by atoms with Crippen LogP contribution in [0.1, 0.15) is 13.8 Å². The number of amides is 1. The van der Waals surface area contributed by atoms with Gasteiger partial charge < -0.3 is 14.7 Å². The van der Waals surface area contributed by atoms with E-state index < -0.39 is 17.8 Å². The zero-order valence-electron chi connectivity index (χ0n) is 11.6. The molecule has 0 fully saturated rings. The van der Waals surface area contributed by atoms with Crippen molar-refractivity contribution in [2.24, 2.45) is 11.8 Å². The minimum absolute atomic E-state index is 0.259. The molecule has 5 heteroatoms. The van der Waals surface area contributed by atoms with E-state index in [9.17, 15) is 9.59 Å². The fourth-order valence-electron chi connectivity index (χ4n) is 1.82. The molecule has 1 aromatic carbocycles. The van der Waals surface area contributed by atoms with Crippen molar-refractivity contribution in [2.45, 2.75) is 13.8 Å². The monoisotopic (exact) mass is 265 g/mol. The minimum Gasteiger partial charge on any atom is -0.497 e. The Bertz CT molecular complexity index is 453. The van der Waals surface area contributed by atoms with E-state index in [1.165, 1.54) is 4.90 Å². The molecule has 0 spiro atoms. The predicted molar refractivity (Wildman–Crippen MR) is 72.4 cm³/mol. The number of hydrogen-bond donors (Lipinski definition) is 1. The van der Waals surface area contributed by atoms with Gasteiger partial charge in [-0.25, -0.2) is 0 Å². The van der Waals surface area contributed by atoms with Gasteiger partial charge in [-0.15, -0.1) is 0 Å². The lowest BCUT2D eigenvalue weighted by Gasteiger charge is -2.23. The normalized spacial score (nSPS) is 12.1. The average Bonchev–Trinajstić information content (AvgIpc) is 2.37. The van der Waals surface area contributed by atoms with E-state index in [-0.39, 0.29) is 5.92 Å². The van der Waals surface area contributed by atoms with Gasteiger partial charge >= 0.3 is 5.97 Å². The second kappa shape index (κ2) is 6.22. The number of benzene rings is 1. The van der Waals surface area contributed by atoms with Crippen LogP contribution in [0.4, 0.5) is 5.69 Å². The number of carbonyl (C=O) groups is 2. The Morgan fingerprint density at radius 3 is 2.11 bits per heavy atom. The summed E-state index contributed by atoms with van der Waals surface area (Å²) in [6.07, 6.45) is 0. The molecular formula is C14H19NO4. The van der Waals surface area contributed by atoms with Crippen LogP contribution in [0, 0.1) is 11.8 Å².